The first kappa shape index (κ1) is 24.2. The standard InChI is InChI=1S/C29H28FNO5/c1-15-13-20-18(6-5-17(14-32)25(20)30)24(22(15)27(28(33)34)36-29(2,3)4)19-7-8-21-23-16(10-12-35-21)9-11-31-26(19)23/h5-9,11,13,27,32H,10,12,14H2,1-4H3,(H,33,34). The number of carboxylic acid groups (broad SMARTS) is 1. The Kier molecular flexibility index (Phi) is 5.93. The van der Waals surface area contributed by atoms with Crippen LogP contribution in [-0.2, 0) is 22.6 Å². The van der Waals surface area contributed by atoms with Crippen LogP contribution in [0.2, 0.25) is 0 Å². The second-order valence-corrected chi connectivity index (χ2v) is 10.1. The van der Waals surface area contributed by atoms with Crippen molar-refractivity contribution in [2.45, 2.75) is 52.4 Å². The van der Waals surface area contributed by atoms with Gasteiger partial charge in [-0.3, -0.25) is 4.98 Å². The molecule has 1 aromatic heterocycles. The number of halogens is 1. The van der Waals surface area contributed by atoms with Gasteiger partial charge >= 0.3 is 5.97 Å². The molecule has 2 N–H and O–H groups in total. The molecule has 3 aromatic carbocycles. The molecule has 0 aliphatic carbocycles. The van der Waals surface area contributed by atoms with Crippen LogP contribution in [0.1, 0.15) is 49.1 Å². The Morgan fingerprint density at radius 1 is 1.19 bits per heavy atom. The third-order valence-corrected chi connectivity index (χ3v) is 6.55. The molecule has 36 heavy (non-hydrogen) atoms. The van der Waals surface area contributed by atoms with Gasteiger partial charge in [-0.25, -0.2) is 9.18 Å². The molecule has 0 spiro atoms. The van der Waals surface area contributed by atoms with Gasteiger partial charge < -0.3 is 19.7 Å². The number of aliphatic hydroxyl groups excluding tert-OH is 1. The maximum atomic E-state index is 15.5. The van der Waals surface area contributed by atoms with Crippen LogP contribution < -0.4 is 4.74 Å². The molecule has 0 amide bonds. The van der Waals surface area contributed by atoms with E-state index in [1.165, 1.54) is 6.07 Å². The second-order valence-electron chi connectivity index (χ2n) is 10.1. The molecule has 1 aliphatic rings. The van der Waals surface area contributed by atoms with Gasteiger partial charge in [0.15, 0.2) is 6.10 Å². The topological polar surface area (TPSA) is 88.9 Å². The van der Waals surface area contributed by atoms with Crippen LogP contribution in [0.15, 0.2) is 42.6 Å². The van der Waals surface area contributed by atoms with Crippen LogP contribution in [0, 0.1) is 12.7 Å². The zero-order valence-corrected chi connectivity index (χ0v) is 20.7. The molecular formula is C29H28FNO5. The second kappa shape index (κ2) is 8.84. The van der Waals surface area contributed by atoms with E-state index in [2.05, 4.69) is 4.98 Å². The average molecular weight is 490 g/mol. The highest BCUT2D eigenvalue weighted by molar-refractivity contribution is 6.09. The fourth-order valence-electron chi connectivity index (χ4n) is 5.07. The molecule has 1 unspecified atom stereocenters. The summed E-state index contributed by atoms with van der Waals surface area (Å²) in [7, 11) is 0. The number of aryl methyl sites for hydroxylation is 1. The van der Waals surface area contributed by atoms with Gasteiger partial charge in [0.2, 0.25) is 0 Å². The van der Waals surface area contributed by atoms with Gasteiger partial charge in [0.25, 0.3) is 0 Å². The van der Waals surface area contributed by atoms with Crippen molar-refractivity contribution < 1.29 is 28.9 Å². The molecule has 5 rings (SSSR count). The van der Waals surface area contributed by atoms with Gasteiger partial charge in [0, 0.05) is 40.1 Å². The molecule has 0 saturated heterocycles. The maximum absolute atomic E-state index is 15.5. The number of aliphatic hydroxyl groups is 1. The zero-order valence-electron chi connectivity index (χ0n) is 20.7. The summed E-state index contributed by atoms with van der Waals surface area (Å²) in [6.45, 7) is 7.28. The van der Waals surface area contributed by atoms with Crippen LogP contribution in [0.25, 0.3) is 32.8 Å². The molecule has 0 saturated carbocycles. The lowest BCUT2D eigenvalue weighted by Crippen LogP contribution is -2.28. The van der Waals surface area contributed by atoms with E-state index in [0.717, 1.165) is 23.1 Å². The average Bonchev–Trinajstić information content (AvgIpc) is 2.83. The minimum Gasteiger partial charge on any atom is -0.493 e. The van der Waals surface area contributed by atoms with Crippen LogP contribution >= 0.6 is 0 Å². The quantitative estimate of drug-likeness (QED) is 0.364. The van der Waals surface area contributed by atoms with Crippen molar-refractivity contribution in [3.63, 3.8) is 0 Å². The first-order valence-corrected chi connectivity index (χ1v) is 11.9. The van der Waals surface area contributed by atoms with Crippen LogP contribution in [0.4, 0.5) is 4.39 Å². The number of rotatable bonds is 5. The van der Waals surface area contributed by atoms with Gasteiger partial charge in [-0.2, -0.15) is 0 Å². The number of benzene rings is 3. The normalized spacial score (nSPS) is 14.2. The molecule has 1 atom stereocenters. The smallest absolute Gasteiger partial charge is 0.337 e. The summed E-state index contributed by atoms with van der Waals surface area (Å²) in [4.78, 5) is 17.2. The van der Waals surface area contributed by atoms with E-state index in [9.17, 15) is 15.0 Å². The number of hydrogen-bond donors (Lipinski definition) is 2. The monoisotopic (exact) mass is 489 g/mol. The molecule has 186 valence electrons. The van der Waals surface area contributed by atoms with E-state index < -0.39 is 30.1 Å². The van der Waals surface area contributed by atoms with Crippen molar-refractivity contribution >= 4 is 27.6 Å². The molecule has 7 heteroatoms. The maximum Gasteiger partial charge on any atom is 0.337 e. The molecule has 1 aliphatic heterocycles. The molecule has 6 nitrogen and oxygen atoms in total. The summed E-state index contributed by atoms with van der Waals surface area (Å²) in [5.74, 6) is -0.954. The fourth-order valence-corrected chi connectivity index (χ4v) is 5.07. The third kappa shape index (κ3) is 3.98. The predicted octanol–water partition coefficient (Wildman–Crippen LogP) is 5.87. The van der Waals surface area contributed by atoms with Gasteiger partial charge in [0.05, 0.1) is 24.3 Å². The number of aliphatic carboxylic acids is 1. The summed E-state index contributed by atoms with van der Waals surface area (Å²) in [5.41, 5.74) is 3.40. The highest BCUT2D eigenvalue weighted by atomic mass is 19.1. The molecule has 4 aromatic rings. The summed E-state index contributed by atoms with van der Waals surface area (Å²) >= 11 is 0. The number of pyridine rings is 1. The predicted molar refractivity (Wildman–Crippen MR) is 136 cm³/mol. The summed E-state index contributed by atoms with van der Waals surface area (Å²) < 4.78 is 27.4. The Morgan fingerprint density at radius 2 is 1.97 bits per heavy atom. The van der Waals surface area contributed by atoms with Gasteiger partial charge in [-0.15, -0.1) is 0 Å². The number of nitrogens with zero attached hydrogens (tertiary/aromatic N) is 1. The first-order valence-electron chi connectivity index (χ1n) is 11.9. The lowest BCUT2D eigenvalue weighted by atomic mass is 9.85. The highest BCUT2D eigenvalue weighted by Crippen LogP contribution is 2.45. The van der Waals surface area contributed by atoms with Gasteiger partial charge in [0.1, 0.15) is 11.6 Å². The largest absolute Gasteiger partial charge is 0.493 e. The lowest BCUT2D eigenvalue weighted by Gasteiger charge is -2.29. The van der Waals surface area contributed by atoms with Crippen LogP contribution in [0.5, 0.6) is 5.75 Å². The van der Waals surface area contributed by atoms with E-state index in [0.29, 0.717) is 45.1 Å². The highest BCUT2D eigenvalue weighted by Gasteiger charge is 2.33. The minimum atomic E-state index is -1.30. The number of carboxylic acids is 1. The minimum absolute atomic E-state index is 0.171. The van der Waals surface area contributed by atoms with Crippen molar-refractivity contribution in [3.05, 3.63) is 70.7 Å². The van der Waals surface area contributed by atoms with Crippen molar-refractivity contribution in [1.82, 2.24) is 4.98 Å². The Morgan fingerprint density at radius 3 is 2.67 bits per heavy atom. The van der Waals surface area contributed by atoms with E-state index >= 15 is 4.39 Å². The summed E-state index contributed by atoms with van der Waals surface area (Å²) in [5, 5.41) is 21.6. The van der Waals surface area contributed by atoms with Crippen molar-refractivity contribution in [2.24, 2.45) is 0 Å². The Labute approximate surface area is 208 Å². The van der Waals surface area contributed by atoms with Crippen LogP contribution in [-0.4, -0.2) is 33.4 Å². The fraction of sp³-hybridized carbons (Fsp3) is 0.310. The first-order chi connectivity index (χ1) is 17.1. The third-order valence-electron chi connectivity index (χ3n) is 6.55. The molecule has 0 bridgehead atoms. The SMILES string of the molecule is Cc1cc2c(F)c(CO)ccc2c(-c2ccc3c4c(ccnc24)CCO3)c1C(OC(C)(C)C)C(=O)O. The van der Waals surface area contributed by atoms with Crippen molar-refractivity contribution in [3.8, 4) is 16.9 Å². The van der Waals surface area contributed by atoms with Gasteiger partial charge in [-0.1, -0.05) is 12.1 Å². The molecule has 0 fully saturated rings. The number of hydrogen-bond acceptors (Lipinski definition) is 5. The Hall–Kier alpha value is -3.55. The van der Waals surface area contributed by atoms with Crippen molar-refractivity contribution in [2.75, 3.05) is 6.61 Å². The number of ether oxygens (including phenoxy) is 2. The Bertz CT molecular complexity index is 1510. The number of carbonyl (C=O) groups is 1. The number of fused-ring (bicyclic) bond motifs is 1. The van der Waals surface area contributed by atoms with E-state index in [1.807, 2.05) is 18.2 Å². The molecular weight excluding hydrogens is 461 g/mol. The van der Waals surface area contributed by atoms with Crippen molar-refractivity contribution in [1.29, 1.82) is 0 Å². The zero-order chi connectivity index (χ0) is 25.8. The molecule has 2 heterocycles. The lowest BCUT2D eigenvalue weighted by molar-refractivity contribution is -0.160. The van der Waals surface area contributed by atoms with E-state index in [4.69, 9.17) is 9.47 Å². The van der Waals surface area contributed by atoms with Crippen LogP contribution in [0.3, 0.4) is 0 Å². The summed E-state index contributed by atoms with van der Waals surface area (Å²) in [6, 6.07) is 10.6. The van der Waals surface area contributed by atoms with Gasteiger partial charge in [-0.05, 0) is 74.0 Å². The Balaban J connectivity index is 1.94. The molecule has 0 radical (unpaired) electrons. The summed E-state index contributed by atoms with van der Waals surface area (Å²) in [6.07, 6.45) is 1.17. The van der Waals surface area contributed by atoms with E-state index in [-0.39, 0.29) is 5.56 Å². The van der Waals surface area contributed by atoms with E-state index in [1.54, 1.807) is 46.0 Å². The number of aromatic nitrogens is 1.